The predicted molar refractivity (Wildman–Crippen MR) is 91.9 cm³/mol. The number of aromatic nitrogens is 1. The van der Waals surface area contributed by atoms with Gasteiger partial charge in [-0.2, -0.15) is 0 Å². The Balaban J connectivity index is 1.45. The number of halogens is 1. The molecule has 0 aromatic carbocycles. The second-order valence-corrected chi connectivity index (χ2v) is 8.19. The lowest BCUT2D eigenvalue weighted by molar-refractivity contribution is -0.149. The van der Waals surface area contributed by atoms with Crippen LogP contribution in [0.25, 0.3) is 0 Å². The topological polar surface area (TPSA) is 56.7 Å². The molecule has 1 aromatic heterocycles. The van der Waals surface area contributed by atoms with Crippen molar-refractivity contribution in [2.24, 2.45) is 17.3 Å². The molecule has 1 saturated carbocycles. The van der Waals surface area contributed by atoms with E-state index in [1.165, 1.54) is 19.3 Å². The van der Waals surface area contributed by atoms with Gasteiger partial charge in [-0.25, -0.2) is 0 Å². The Morgan fingerprint density at radius 1 is 1.33 bits per heavy atom. The van der Waals surface area contributed by atoms with Gasteiger partial charge in [0, 0.05) is 57.6 Å². The molecule has 4 rings (SSSR count). The third-order valence-corrected chi connectivity index (χ3v) is 6.51. The summed E-state index contributed by atoms with van der Waals surface area (Å²) in [6, 6.07) is 1.92. The van der Waals surface area contributed by atoms with E-state index >= 15 is 0 Å². The molecule has 5 nitrogen and oxygen atoms in total. The maximum atomic E-state index is 12.1. The summed E-state index contributed by atoms with van der Waals surface area (Å²) in [7, 11) is 0. The lowest BCUT2D eigenvalue weighted by atomic mass is 9.81. The second-order valence-electron chi connectivity index (χ2n) is 7.79. The van der Waals surface area contributed by atoms with E-state index in [4.69, 9.17) is 11.6 Å². The molecule has 1 aromatic rings. The molecule has 3 aliphatic rings. The number of rotatable bonds is 5. The van der Waals surface area contributed by atoms with Crippen molar-refractivity contribution in [2.75, 3.05) is 32.7 Å². The van der Waals surface area contributed by atoms with Crippen molar-refractivity contribution in [1.82, 2.24) is 14.8 Å². The van der Waals surface area contributed by atoms with Gasteiger partial charge in [0.15, 0.2) is 0 Å². The molecule has 2 saturated heterocycles. The quantitative estimate of drug-likeness (QED) is 0.884. The molecule has 130 valence electrons. The summed E-state index contributed by atoms with van der Waals surface area (Å²) in [4.78, 5) is 20.8. The van der Waals surface area contributed by atoms with Crippen molar-refractivity contribution in [2.45, 2.75) is 25.8 Å². The highest BCUT2D eigenvalue weighted by molar-refractivity contribution is 6.31. The van der Waals surface area contributed by atoms with Crippen molar-refractivity contribution < 1.29 is 9.90 Å². The Hall–Kier alpha value is -1.17. The van der Waals surface area contributed by atoms with E-state index in [0.29, 0.717) is 24.7 Å². The van der Waals surface area contributed by atoms with E-state index < -0.39 is 11.4 Å². The number of hydrogen-bond acceptors (Lipinski definition) is 4. The first-order valence-electron chi connectivity index (χ1n) is 8.83. The van der Waals surface area contributed by atoms with Gasteiger partial charge in [-0.3, -0.25) is 14.7 Å². The number of pyridine rings is 1. The fourth-order valence-electron chi connectivity index (χ4n) is 4.65. The summed E-state index contributed by atoms with van der Waals surface area (Å²) >= 11 is 6.21. The Labute approximate surface area is 147 Å². The van der Waals surface area contributed by atoms with Gasteiger partial charge in [0.25, 0.3) is 0 Å². The molecule has 0 bridgehead atoms. The highest BCUT2D eigenvalue weighted by Gasteiger charge is 2.57. The molecule has 0 unspecified atom stereocenters. The minimum Gasteiger partial charge on any atom is -0.481 e. The third-order valence-electron chi connectivity index (χ3n) is 6.17. The van der Waals surface area contributed by atoms with Crippen LogP contribution in [0.15, 0.2) is 18.5 Å². The van der Waals surface area contributed by atoms with Gasteiger partial charge in [0.05, 0.1) is 10.4 Å². The van der Waals surface area contributed by atoms with Crippen LogP contribution in [0.1, 0.15) is 24.8 Å². The van der Waals surface area contributed by atoms with Gasteiger partial charge >= 0.3 is 5.97 Å². The van der Waals surface area contributed by atoms with Crippen molar-refractivity contribution in [3.8, 4) is 0 Å². The van der Waals surface area contributed by atoms with E-state index in [0.717, 1.165) is 31.1 Å². The number of fused-ring (bicyclic) bond motifs is 1. The minimum absolute atomic E-state index is 0.218. The van der Waals surface area contributed by atoms with E-state index in [1.807, 2.05) is 6.07 Å². The van der Waals surface area contributed by atoms with Crippen molar-refractivity contribution in [1.29, 1.82) is 0 Å². The Kier molecular flexibility index (Phi) is 4.27. The molecule has 1 aliphatic carbocycles. The van der Waals surface area contributed by atoms with Gasteiger partial charge in [0.2, 0.25) is 0 Å². The van der Waals surface area contributed by atoms with Crippen LogP contribution in [0.5, 0.6) is 0 Å². The number of carboxylic acids is 1. The number of hydrogen-bond donors (Lipinski definition) is 1. The molecular formula is C18H24ClN3O2. The van der Waals surface area contributed by atoms with Crippen LogP contribution in [-0.4, -0.2) is 58.6 Å². The summed E-state index contributed by atoms with van der Waals surface area (Å²) < 4.78 is 0. The largest absolute Gasteiger partial charge is 0.481 e. The fourth-order valence-corrected chi connectivity index (χ4v) is 4.83. The predicted octanol–water partition coefficient (Wildman–Crippen LogP) is 2.35. The molecular weight excluding hydrogens is 326 g/mol. The lowest BCUT2D eigenvalue weighted by Gasteiger charge is -2.31. The minimum atomic E-state index is -0.632. The smallest absolute Gasteiger partial charge is 0.312 e. The van der Waals surface area contributed by atoms with Gasteiger partial charge in [0.1, 0.15) is 0 Å². The molecule has 0 spiro atoms. The average Bonchev–Trinajstić information content (AvgIpc) is 3.00. The summed E-state index contributed by atoms with van der Waals surface area (Å²) in [5.41, 5.74) is 0.419. The summed E-state index contributed by atoms with van der Waals surface area (Å²) in [5.74, 6) is 0.379. The summed E-state index contributed by atoms with van der Waals surface area (Å²) in [6.45, 7) is 4.86. The van der Waals surface area contributed by atoms with E-state index in [9.17, 15) is 9.90 Å². The first-order chi connectivity index (χ1) is 11.6. The molecule has 0 radical (unpaired) electrons. The molecule has 2 atom stereocenters. The van der Waals surface area contributed by atoms with Crippen LogP contribution >= 0.6 is 11.6 Å². The van der Waals surface area contributed by atoms with E-state index in [-0.39, 0.29) is 5.92 Å². The van der Waals surface area contributed by atoms with E-state index in [2.05, 4.69) is 14.8 Å². The molecule has 2 aliphatic heterocycles. The third kappa shape index (κ3) is 2.83. The van der Waals surface area contributed by atoms with Crippen molar-refractivity contribution in [3.05, 3.63) is 29.0 Å². The van der Waals surface area contributed by atoms with Crippen molar-refractivity contribution >= 4 is 17.6 Å². The Bertz CT molecular complexity index is 636. The first kappa shape index (κ1) is 16.3. The first-order valence-corrected chi connectivity index (χ1v) is 9.21. The summed E-state index contributed by atoms with van der Waals surface area (Å²) in [5, 5.41) is 10.6. The van der Waals surface area contributed by atoms with Crippen LogP contribution in [0, 0.1) is 17.3 Å². The SMILES string of the molecule is O=C(O)[C@]12CN(Cc3ccncc3Cl)C[C@H]1CN(CC1CCC1)C2. The Morgan fingerprint density at radius 3 is 2.71 bits per heavy atom. The van der Waals surface area contributed by atoms with Gasteiger partial charge < -0.3 is 10.0 Å². The number of carboxylic acid groups (broad SMARTS) is 1. The van der Waals surface area contributed by atoms with E-state index in [1.54, 1.807) is 12.4 Å². The number of carbonyl (C=O) groups is 1. The number of nitrogens with zero attached hydrogens (tertiary/aromatic N) is 3. The van der Waals surface area contributed by atoms with Crippen LogP contribution in [0.3, 0.4) is 0 Å². The monoisotopic (exact) mass is 349 g/mol. The maximum absolute atomic E-state index is 12.1. The zero-order valence-corrected chi connectivity index (χ0v) is 14.6. The normalized spacial score (nSPS) is 31.1. The number of aliphatic carboxylic acids is 1. The second kappa shape index (κ2) is 6.28. The fraction of sp³-hybridized carbons (Fsp3) is 0.667. The van der Waals surface area contributed by atoms with Crippen LogP contribution in [0.4, 0.5) is 0 Å². The van der Waals surface area contributed by atoms with Crippen LogP contribution in [0.2, 0.25) is 5.02 Å². The Morgan fingerprint density at radius 2 is 2.08 bits per heavy atom. The van der Waals surface area contributed by atoms with Crippen LogP contribution < -0.4 is 0 Å². The zero-order valence-electron chi connectivity index (χ0n) is 13.8. The van der Waals surface area contributed by atoms with Crippen molar-refractivity contribution in [3.63, 3.8) is 0 Å². The van der Waals surface area contributed by atoms with Gasteiger partial charge in [-0.05, 0) is 30.4 Å². The number of likely N-dealkylation sites (tertiary alicyclic amines) is 2. The highest BCUT2D eigenvalue weighted by Crippen LogP contribution is 2.44. The lowest BCUT2D eigenvalue weighted by Crippen LogP contribution is -2.41. The van der Waals surface area contributed by atoms with Gasteiger partial charge in [-0.1, -0.05) is 18.0 Å². The standard InChI is InChI=1S/C18H24ClN3O2/c19-16-6-20-5-4-14(16)8-22-10-15-9-21(7-13-2-1-3-13)11-18(15,12-22)17(23)24/h4-6,13,15H,1-3,7-12H2,(H,23,24)/t15-,18-/m1/s1. The zero-order chi connectivity index (χ0) is 16.7. The molecule has 6 heteroatoms. The average molecular weight is 350 g/mol. The van der Waals surface area contributed by atoms with Gasteiger partial charge in [-0.15, -0.1) is 0 Å². The highest BCUT2D eigenvalue weighted by atomic mass is 35.5. The maximum Gasteiger partial charge on any atom is 0.312 e. The molecule has 3 fully saturated rings. The molecule has 1 N–H and O–H groups in total. The molecule has 3 heterocycles. The molecule has 24 heavy (non-hydrogen) atoms. The van der Waals surface area contributed by atoms with Crippen LogP contribution in [-0.2, 0) is 11.3 Å². The summed E-state index contributed by atoms with van der Waals surface area (Å²) in [6.07, 6.45) is 7.36. The molecule has 0 amide bonds.